The highest BCUT2D eigenvalue weighted by atomic mass is 19.4. The van der Waals surface area contributed by atoms with Crippen molar-refractivity contribution in [3.8, 4) is 0 Å². The Hall–Kier alpha value is -1.39. The van der Waals surface area contributed by atoms with Crippen molar-refractivity contribution in [2.24, 2.45) is 11.8 Å². The third-order valence-corrected chi connectivity index (χ3v) is 4.89. The number of fused-ring (bicyclic) bond motifs is 1. The van der Waals surface area contributed by atoms with Crippen LogP contribution in [0.3, 0.4) is 0 Å². The summed E-state index contributed by atoms with van der Waals surface area (Å²) in [5.74, 6) is -1.54. The van der Waals surface area contributed by atoms with Gasteiger partial charge in [-0.3, -0.25) is 9.78 Å². The Kier molecular flexibility index (Phi) is 3.76. The minimum absolute atomic E-state index is 0.0850. The van der Waals surface area contributed by atoms with Crippen molar-refractivity contribution < 1.29 is 18.0 Å². The molecular formula is C16H18F3NO. The molecule has 0 aromatic carbocycles. The lowest BCUT2D eigenvalue weighted by molar-refractivity contribution is -0.184. The van der Waals surface area contributed by atoms with Gasteiger partial charge in [0.05, 0.1) is 17.5 Å². The third-order valence-electron chi connectivity index (χ3n) is 4.89. The van der Waals surface area contributed by atoms with Crippen molar-refractivity contribution in [1.29, 1.82) is 0 Å². The minimum atomic E-state index is -4.12. The zero-order valence-corrected chi connectivity index (χ0v) is 11.7. The molecule has 2 aliphatic carbocycles. The van der Waals surface area contributed by atoms with Gasteiger partial charge < -0.3 is 0 Å². The Bertz CT molecular complexity index is 533. The lowest BCUT2D eigenvalue weighted by atomic mass is 9.76. The van der Waals surface area contributed by atoms with E-state index in [0.29, 0.717) is 12.8 Å². The minimum Gasteiger partial charge on any atom is -0.299 e. The van der Waals surface area contributed by atoms with Crippen molar-refractivity contribution in [3.63, 3.8) is 0 Å². The molecule has 1 saturated carbocycles. The molecule has 2 nitrogen and oxygen atoms in total. The average molecular weight is 297 g/mol. The van der Waals surface area contributed by atoms with Crippen LogP contribution >= 0.6 is 0 Å². The summed E-state index contributed by atoms with van der Waals surface area (Å²) in [6.07, 6.45) is 0.0646. The topological polar surface area (TPSA) is 30.0 Å². The van der Waals surface area contributed by atoms with Crippen molar-refractivity contribution in [1.82, 2.24) is 4.98 Å². The number of Topliss-reactive ketones (excluding diaryl/α,β-unsaturated/α-hetero) is 1. The number of carbonyl (C=O) groups excluding carboxylic acids is 1. The van der Waals surface area contributed by atoms with Crippen LogP contribution in [-0.4, -0.2) is 16.9 Å². The number of carbonyl (C=O) groups is 1. The fourth-order valence-corrected chi connectivity index (χ4v) is 3.68. The molecule has 1 aromatic rings. The largest absolute Gasteiger partial charge is 0.391 e. The van der Waals surface area contributed by atoms with Crippen LogP contribution in [0, 0.1) is 11.8 Å². The molecule has 0 aliphatic heterocycles. The van der Waals surface area contributed by atoms with E-state index in [1.165, 1.54) is 0 Å². The maximum absolute atomic E-state index is 12.7. The lowest BCUT2D eigenvalue weighted by Crippen LogP contribution is -2.31. The molecular weight excluding hydrogens is 279 g/mol. The summed E-state index contributed by atoms with van der Waals surface area (Å²) >= 11 is 0. The van der Waals surface area contributed by atoms with E-state index in [1.807, 2.05) is 12.1 Å². The standard InChI is InChI=1S/C16H18F3NO/c17-16(18,19)12-6-3-11(4-7-12)15(21)13-8-5-10-2-1-9-20-14(10)13/h1-2,9,11-13H,3-8H2. The Labute approximate surface area is 121 Å². The van der Waals surface area contributed by atoms with Crippen molar-refractivity contribution in [2.45, 2.75) is 50.6 Å². The molecule has 0 bridgehead atoms. The van der Waals surface area contributed by atoms with Crippen LogP contribution in [0.4, 0.5) is 13.2 Å². The second-order valence-electron chi connectivity index (χ2n) is 6.13. The first-order valence-corrected chi connectivity index (χ1v) is 7.51. The van der Waals surface area contributed by atoms with Crippen LogP contribution < -0.4 is 0 Å². The summed E-state index contributed by atoms with van der Waals surface area (Å²) in [6, 6.07) is 3.84. The molecule has 0 saturated heterocycles. The Morgan fingerprint density at radius 1 is 1.14 bits per heavy atom. The van der Waals surface area contributed by atoms with Crippen LogP contribution in [-0.2, 0) is 11.2 Å². The summed E-state index contributed by atoms with van der Waals surface area (Å²) in [5.41, 5.74) is 1.96. The van der Waals surface area contributed by atoms with Gasteiger partial charge in [0, 0.05) is 12.1 Å². The van der Waals surface area contributed by atoms with Crippen LogP contribution in [0.5, 0.6) is 0 Å². The summed E-state index contributed by atoms with van der Waals surface area (Å²) in [7, 11) is 0. The van der Waals surface area contributed by atoms with Gasteiger partial charge in [0.1, 0.15) is 5.78 Å². The van der Waals surface area contributed by atoms with Gasteiger partial charge in [0.25, 0.3) is 0 Å². The number of hydrogen-bond acceptors (Lipinski definition) is 2. The first-order valence-electron chi connectivity index (χ1n) is 7.51. The quantitative estimate of drug-likeness (QED) is 0.824. The predicted octanol–water partition coefficient (Wildman–Crippen LogP) is 4.05. The number of ketones is 1. The van der Waals surface area contributed by atoms with Crippen molar-refractivity contribution in [3.05, 3.63) is 29.6 Å². The van der Waals surface area contributed by atoms with Crippen LogP contribution in [0.15, 0.2) is 18.3 Å². The zero-order valence-electron chi connectivity index (χ0n) is 11.7. The zero-order chi connectivity index (χ0) is 15.0. The second-order valence-corrected chi connectivity index (χ2v) is 6.13. The highest BCUT2D eigenvalue weighted by molar-refractivity contribution is 5.88. The maximum atomic E-state index is 12.7. The third kappa shape index (κ3) is 2.83. The molecule has 3 rings (SSSR count). The molecule has 2 aliphatic rings. The number of alkyl halides is 3. The summed E-state index contributed by atoms with van der Waals surface area (Å²) < 4.78 is 38.0. The highest BCUT2D eigenvalue weighted by Crippen LogP contribution is 2.42. The number of rotatable bonds is 2. The van der Waals surface area contributed by atoms with E-state index < -0.39 is 12.1 Å². The molecule has 1 atom stereocenters. The summed E-state index contributed by atoms with van der Waals surface area (Å²) in [5, 5.41) is 0. The summed E-state index contributed by atoms with van der Waals surface area (Å²) in [4.78, 5) is 16.9. The highest BCUT2D eigenvalue weighted by Gasteiger charge is 2.43. The van der Waals surface area contributed by atoms with E-state index in [1.54, 1.807) is 6.20 Å². The monoisotopic (exact) mass is 297 g/mol. The van der Waals surface area contributed by atoms with E-state index in [-0.39, 0.29) is 30.5 Å². The molecule has 0 N–H and O–H groups in total. The van der Waals surface area contributed by atoms with Gasteiger partial charge in [-0.05, 0) is 50.2 Å². The van der Waals surface area contributed by atoms with Gasteiger partial charge in [-0.2, -0.15) is 13.2 Å². The number of pyridine rings is 1. The lowest BCUT2D eigenvalue weighted by Gasteiger charge is -2.30. The second kappa shape index (κ2) is 5.43. The predicted molar refractivity (Wildman–Crippen MR) is 71.8 cm³/mol. The number of nitrogens with zero attached hydrogens (tertiary/aromatic N) is 1. The summed E-state index contributed by atoms with van der Waals surface area (Å²) in [6.45, 7) is 0. The smallest absolute Gasteiger partial charge is 0.299 e. The molecule has 1 heterocycles. The number of hydrogen-bond donors (Lipinski definition) is 0. The van der Waals surface area contributed by atoms with E-state index >= 15 is 0 Å². The Balaban J connectivity index is 1.66. The molecule has 0 radical (unpaired) electrons. The Morgan fingerprint density at radius 2 is 1.86 bits per heavy atom. The van der Waals surface area contributed by atoms with Gasteiger partial charge in [-0.25, -0.2) is 0 Å². The molecule has 0 spiro atoms. The molecule has 5 heteroatoms. The van der Waals surface area contributed by atoms with E-state index in [9.17, 15) is 18.0 Å². The van der Waals surface area contributed by atoms with Crippen LogP contribution in [0.2, 0.25) is 0 Å². The van der Waals surface area contributed by atoms with Gasteiger partial charge in [0.2, 0.25) is 0 Å². The first-order chi connectivity index (χ1) is 9.97. The van der Waals surface area contributed by atoms with Gasteiger partial charge in [-0.15, -0.1) is 0 Å². The number of halogens is 3. The van der Waals surface area contributed by atoms with Gasteiger partial charge in [0.15, 0.2) is 0 Å². The molecule has 1 fully saturated rings. The fourth-order valence-electron chi connectivity index (χ4n) is 3.68. The van der Waals surface area contributed by atoms with Gasteiger partial charge in [-0.1, -0.05) is 6.07 Å². The maximum Gasteiger partial charge on any atom is 0.391 e. The first kappa shape index (κ1) is 14.5. The van der Waals surface area contributed by atoms with Gasteiger partial charge >= 0.3 is 6.18 Å². The number of aromatic nitrogens is 1. The molecule has 114 valence electrons. The Morgan fingerprint density at radius 3 is 2.52 bits per heavy atom. The molecule has 1 unspecified atom stereocenters. The SMILES string of the molecule is O=C(C1CCC(C(F)(F)F)CC1)C1CCc2cccnc21. The molecule has 1 aromatic heterocycles. The van der Waals surface area contributed by atoms with Crippen LogP contribution in [0.1, 0.15) is 49.3 Å². The van der Waals surface area contributed by atoms with Crippen molar-refractivity contribution in [2.75, 3.05) is 0 Å². The van der Waals surface area contributed by atoms with E-state index in [4.69, 9.17) is 0 Å². The van der Waals surface area contributed by atoms with Crippen molar-refractivity contribution >= 4 is 5.78 Å². The normalized spacial score (nSPS) is 29.2. The number of aryl methyl sites for hydroxylation is 1. The molecule has 21 heavy (non-hydrogen) atoms. The molecule has 0 amide bonds. The van der Waals surface area contributed by atoms with E-state index in [0.717, 1.165) is 24.1 Å². The van der Waals surface area contributed by atoms with E-state index in [2.05, 4.69) is 4.98 Å². The fraction of sp³-hybridized carbons (Fsp3) is 0.625. The van der Waals surface area contributed by atoms with Crippen LogP contribution in [0.25, 0.3) is 0 Å². The average Bonchev–Trinajstić information content (AvgIpc) is 2.90.